The number of nitrogens with one attached hydrogen (secondary N) is 1. The molecule has 136 valence electrons. The van der Waals surface area contributed by atoms with E-state index < -0.39 is 0 Å². The van der Waals surface area contributed by atoms with Crippen LogP contribution >= 0.6 is 27.7 Å². The van der Waals surface area contributed by atoms with Crippen molar-refractivity contribution >= 4 is 27.7 Å². The maximum absolute atomic E-state index is 3.47. The molecular weight excluding hydrogens is 390 g/mol. The van der Waals surface area contributed by atoms with Crippen LogP contribution in [0.25, 0.3) is 0 Å². The number of benzene rings is 2. The molecule has 1 N–H and O–H groups in total. The van der Waals surface area contributed by atoms with Crippen LogP contribution in [0.2, 0.25) is 0 Å². The zero-order chi connectivity index (χ0) is 17.9. The second kappa shape index (κ2) is 11.8. The SMILES string of the molecule is Brc1ccc(SCc2ccc3c(c2)CCC3)cc1.CCCNCCC. The van der Waals surface area contributed by atoms with Crippen molar-refractivity contribution in [1.29, 1.82) is 0 Å². The molecule has 0 fully saturated rings. The van der Waals surface area contributed by atoms with Gasteiger partial charge >= 0.3 is 0 Å². The van der Waals surface area contributed by atoms with Gasteiger partial charge in [-0.25, -0.2) is 0 Å². The molecule has 25 heavy (non-hydrogen) atoms. The van der Waals surface area contributed by atoms with Gasteiger partial charge in [0.25, 0.3) is 0 Å². The van der Waals surface area contributed by atoms with Gasteiger partial charge in [-0.1, -0.05) is 48.0 Å². The summed E-state index contributed by atoms with van der Waals surface area (Å²) >= 11 is 5.37. The third-order valence-electron chi connectivity index (χ3n) is 4.24. The molecule has 2 aromatic carbocycles. The number of hydrogen-bond acceptors (Lipinski definition) is 2. The van der Waals surface area contributed by atoms with Gasteiger partial charge in [-0.05, 0) is 86.1 Å². The van der Waals surface area contributed by atoms with Crippen LogP contribution in [0.4, 0.5) is 0 Å². The van der Waals surface area contributed by atoms with Crippen molar-refractivity contribution in [3.05, 3.63) is 63.6 Å². The lowest BCUT2D eigenvalue weighted by Gasteiger charge is -2.05. The average molecular weight is 420 g/mol. The number of fused-ring (bicyclic) bond motifs is 1. The Morgan fingerprint density at radius 2 is 1.60 bits per heavy atom. The number of halogens is 1. The van der Waals surface area contributed by atoms with Crippen molar-refractivity contribution in [1.82, 2.24) is 5.32 Å². The summed E-state index contributed by atoms with van der Waals surface area (Å²) in [4.78, 5) is 1.33. The van der Waals surface area contributed by atoms with Crippen molar-refractivity contribution < 1.29 is 0 Å². The highest BCUT2D eigenvalue weighted by Gasteiger charge is 2.10. The van der Waals surface area contributed by atoms with Crippen LogP contribution in [0.15, 0.2) is 51.8 Å². The number of hydrogen-bond donors (Lipinski definition) is 1. The molecule has 0 amide bonds. The van der Waals surface area contributed by atoms with E-state index in [0.717, 1.165) is 10.2 Å². The van der Waals surface area contributed by atoms with Gasteiger partial charge in [0.05, 0.1) is 0 Å². The van der Waals surface area contributed by atoms with Crippen LogP contribution in [0, 0.1) is 0 Å². The van der Waals surface area contributed by atoms with Crippen molar-refractivity contribution in [2.45, 2.75) is 56.6 Å². The van der Waals surface area contributed by atoms with Crippen LogP contribution < -0.4 is 5.32 Å². The Balaban J connectivity index is 0.000000277. The lowest BCUT2D eigenvalue weighted by Crippen LogP contribution is -2.14. The lowest BCUT2D eigenvalue weighted by atomic mass is 10.1. The first-order valence-electron chi connectivity index (χ1n) is 9.42. The second-order valence-electron chi connectivity index (χ2n) is 6.45. The summed E-state index contributed by atoms with van der Waals surface area (Å²) in [5.74, 6) is 1.06. The van der Waals surface area contributed by atoms with Crippen molar-refractivity contribution in [2.24, 2.45) is 0 Å². The minimum atomic E-state index is 1.06. The van der Waals surface area contributed by atoms with Crippen LogP contribution in [-0.2, 0) is 18.6 Å². The topological polar surface area (TPSA) is 12.0 Å². The molecule has 0 radical (unpaired) electrons. The maximum atomic E-state index is 3.47. The van der Waals surface area contributed by atoms with E-state index in [-0.39, 0.29) is 0 Å². The van der Waals surface area contributed by atoms with Gasteiger partial charge in [0.2, 0.25) is 0 Å². The quantitative estimate of drug-likeness (QED) is 0.399. The zero-order valence-corrected chi connectivity index (χ0v) is 17.9. The molecular formula is C22H30BrNS. The number of thioether (sulfide) groups is 1. The molecule has 0 spiro atoms. The summed E-state index contributed by atoms with van der Waals surface area (Å²) in [7, 11) is 0. The summed E-state index contributed by atoms with van der Waals surface area (Å²) in [6.07, 6.45) is 6.38. The Bertz CT molecular complexity index is 620. The highest BCUT2D eigenvalue weighted by Crippen LogP contribution is 2.28. The van der Waals surface area contributed by atoms with Gasteiger partial charge in [-0.15, -0.1) is 11.8 Å². The minimum Gasteiger partial charge on any atom is -0.317 e. The van der Waals surface area contributed by atoms with E-state index in [0.29, 0.717) is 0 Å². The standard InChI is InChI=1S/C16H15BrS.C6H15N/c17-15-6-8-16(9-7-15)18-11-12-4-5-13-2-1-3-14(13)10-12;1-3-5-7-6-4-2/h4-10H,1-3,11H2;7H,3-6H2,1-2H3. The third-order valence-corrected chi connectivity index (χ3v) is 5.85. The lowest BCUT2D eigenvalue weighted by molar-refractivity contribution is 0.662. The first-order valence-corrected chi connectivity index (χ1v) is 11.2. The largest absolute Gasteiger partial charge is 0.317 e. The fourth-order valence-corrected chi connectivity index (χ4v) is 4.00. The maximum Gasteiger partial charge on any atom is 0.0232 e. The van der Waals surface area contributed by atoms with Gasteiger partial charge in [0, 0.05) is 15.1 Å². The Morgan fingerprint density at radius 1 is 0.920 bits per heavy atom. The fraction of sp³-hybridized carbons (Fsp3) is 0.455. The zero-order valence-electron chi connectivity index (χ0n) is 15.5. The molecule has 0 aromatic heterocycles. The summed E-state index contributed by atoms with van der Waals surface area (Å²) in [5.41, 5.74) is 4.58. The number of rotatable bonds is 7. The first-order chi connectivity index (χ1) is 12.2. The monoisotopic (exact) mass is 419 g/mol. The van der Waals surface area contributed by atoms with Crippen LogP contribution in [0.1, 0.15) is 49.8 Å². The minimum absolute atomic E-state index is 1.06. The van der Waals surface area contributed by atoms with Crippen molar-refractivity contribution in [3.8, 4) is 0 Å². The summed E-state index contributed by atoms with van der Waals surface area (Å²) in [5, 5.41) is 3.28. The molecule has 1 nitrogen and oxygen atoms in total. The normalized spacial score (nSPS) is 12.4. The Kier molecular flexibility index (Phi) is 9.67. The molecule has 2 aromatic rings. The molecule has 0 saturated heterocycles. The molecule has 0 unspecified atom stereocenters. The predicted octanol–water partition coefficient (Wildman–Crippen LogP) is 6.63. The molecule has 0 heterocycles. The van der Waals surface area contributed by atoms with Crippen LogP contribution in [0.5, 0.6) is 0 Å². The molecule has 0 saturated carbocycles. The van der Waals surface area contributed by atoms with Gasteiger partial charge in [0.1, 0.15) is 0 Å². The van der Waals surface area contributed by atoms with E-state index >= 15 is 0 Å². The molecule has 3 heteroatoms. The highest BCUT2D eigenvalue weighted by atomic mass is 79.9. The van der Waals surface area contributed by atoms with E-state index in [1.807, 2.05) is 11.8 Å². The van der Waals surface area contributed by atoms with Gasteiger partial charge in [-0.2, -0.15) is 0 Å². The van der Waals surface area contributed by atoms with Crippen LogP contribution in [-0.4, -0.2) is 13.1 Å². The summed E-state index contributed by atoms with van der Waals surface area (Å²) < 4.78 is 1.14. The second-order valence-corrected chi connectivity index (χ2v) is 8.41. The number of aryl methyl sites for hydroxylation is 2. The van der Waals surface area contributed by atoms with E-state index in [9.17, 15) is 0 Å². The Hall–Kier alpha value is -0.770. The van der Waals surface area contributed by atoms with Crippen molar-refractivity contribution in [3.63, 3.8) is 0 Å². The molecule has 3 rings (SSSR count). The van der Waals surface area contributed by atoms with Crippen molar-refractivity contribution in [2.75, 3.05) is 13.1 Å². The van der Waals surface area contributed by atoms with Gasteiger partial charge in [-0.3, -0.25) is 0 Å². The highest BCUT2D eigenvalue weighted by molar-refractivity contribution is 9.10. The van der Waals surface area contributed by atoms with Gasteiger partial charge < -0.3 is 5.32 Å². The predicted molar refractivity (Wildman–Crippen MR) is 116 cm³/mol. The van der Waals surface area contributed by atoms with E-state index in [4.69, 9.17) is 0 Å². The van der Waals surface area contributed by atoms with E-state index in [2.05, 4.69) is 77.6 Å². The van der Waals surface area contributed by atoms with E-state index in [1.165, 1.54) is 55.7 Å². The Labute approximate surface area is 166 Å². The van der Waals surface area contributed by atoms with Crippen LogP contribution in [0.3, 0.4) is 0 Å². The average Bonchev–Trinajstić information content (AvgIpc) is 3.10. The molecule has 1 aliphatic carbocycles. The smallest absolute Gasteiger partial charge is 0.0232 e. The fourth-order valence-electron chi connectivity index (χ4n) is 2.89. The molecule has 1 aliphatic rings. The first kappa shape index (κ1) is 20.5. The van der Waals surface area contributed by atoms with Gasteiger partial charge in [0.15, 0.2) is 0 Å². The van der Waals surface area contributed by atoms with E-state index in [1.54, 1.807) is 11.1 Å². The molecule has 0 aliphatic heterocycles. The molecule has 0 bridgehead atoms. The third kappa shape index (κ3) is 7.55. The Morgan fingerprint density at radius 3 is 2.28 bits per heavy atom. The summed E-state index contributed by atoms with van der Waals surface area (Å²) in [6, 6.07) is 15.5. The summed E-state index contributed by atoms with van der Waals surface area (Å²) in [6.45, 7) is 6.72. The molecule has 0 atom stereocenters.